The normalized spacial score (nSPS) is 21.6. The van der Waals surface area contributed by atoms with Crippen molar-refractivity contribution in [3.63, 3.8) is 0 Å². The third kappa shape index (κ3) is 5.47. The molecule has 0 N–H and O–H groups in total. The molecule has 0 spiro atoms. The van der Waals surface area contributed by atoms with Gasteiger partial charge in [0, 0.05) is 71.5 Å². The number of fused-ring (bicyclic) bond motifs is 1. The van der Waals surface area contributed by atoms with Crippen molar-refractivity contribution in [3.8, 4) is 5.75 Å². The number of carbonyl (C=O) groups excluding carboxylic acids is 1. The van der Waals surface area contributed by atoms with Gasteiger partial charge >= 0.3 is 0 Å². The van der Waals surface area contributed by atoms with E-state index in [1.807, 2.05) is 27.8 Å². The lowest BCUT2D eigenvalue weighted by molar-refractivity contribution is -0.189. The predicted molar refractivity (Wildman–Crippen MR) is 153 cm³/mol. The third-order valence-corrected chi connectivity index (χ3v) is 8.66. The van der Waals surface area contributed by atoms with Crippen LogP contribution in [-0.4, -0.2) is 65.9 Å². The molecule has 2 saturated heterocycles. The van der Waals surface area contributed by atoms with Crippen LogP contribution in [0, 0.1) is 0 Å². The lowest BCUT2D eigenvalue weighted by Crippen LogP contribution is -2.48. The number of carbonyl (C=O) groups is 1. The number of aromatic nitrogens is 2. The van der Waals surface area contributed by atoms with Gasteiger partial charge in [-0.3, -0.25) is 4.79 Å². The summed E-state index contributed by atoms with van der Waals surface area (Å²) in [5, 5.41) is 4.41. The van der Waals surface area contributed by atoms with E-state index in [4.69, 9.17) is 37.4 Å². The summed E-state index contributed by atoms with van der Waals surface area (Å²) in [7, 11) is 0. The van der Waals surface area contributed by atoms with Crippen LogP contribution in [-0.2, 0) is 26.6 Å². The Kier molecular flexibility index (Phi) is 7.43. The van der Waals surface area contributed by atoms with E-state index in [1.54, 1.807) is 42.9 Å². The zero-order chi connectivity index (χ0) is 27.0. The predicted octanol–water partition coefficient (Wildman–Crippen LogP) is 5.42. The fraction of sp³-hybridized carbons (Fsp3) is 0.357. The molecule has 2 atom stereocenters. The maximum atomic E-state index is 11.7. The maximum Gasteiger partial charge on any atom is 0.219 e. The molecule has 4 heterocycles. The molecule has 39 heavy (non-hydrogen) atoms. The van der Waals surface area contributed by atoms with E-state index in [0.29, 0.717) is 35.4 Å². The van der Waals surface area contributed by atoms with Gasteiger partial charge in [-0.25, -0.2) is 4.98 Å². The molecule has 1 unspecified atom stereocenters. The SMILES string of the molecule is CC(=O)N1CCN(c2csc3cc(OCC4CO[C@](Cn5ccnc5)(c5ccc(Cl)cc5Cl)O4)ccc23)CC1. The van der Waals surface area contributed by atoms with Crippen molar-refractivity contribution in [1.82, 2.24) is 14.5 Å². The van der Waals surface area contributed by atoms with E-state index >= 15 is 0 Å². The van der Waals surface area contributed by atoms with Gasteiger partial charge in [0.25, 0.3) is 0 Å². The summed E-state index contributed by atoms with van der Waals surface area (Å²) in [4.78, 5) is 20.1. The van der Waals surface area contributed by atoms with Crippen molar-refractivity contribution in [2.75, 3.05) is 44.3 Å². The van der Waals surface area contributed by atoms with Gasteiger partial charge in [0.2, 0.25) is 11.7 Å². The van der Waals surface area contributed by atoms with Gasteiger partial charge in [0.05, 0.1) is 30.2 Å². The van der Waals surface area contributed by atoms with Crippen LogP contribution in [0.2, 0.25) is 10.0 Å². The highest BCUT2D eigenvalue weighted by Gasteiger charge is 2.45. The van der Waals surface area contributed by atoms with Crippen molar-refractivity contribution in [2.45, 2.75) is 25.4 Å². The molecule has 2 fully saturated rings. The summed E-state index contributed by atoms with van der Waals surface area (Å²) in [6.07, 6.45) is 4.99. The van der Waals surface area contributed by atoms with Crippen LogP contribution in [0.4, 0.5) is 5.69 Å². The molecular formula is C28H28Cl2N4O4S. The molecule has 204 valence electrons. The molecule has 1 amide bonds. The van der Waals surface area contributed by atoms with E-state index < -0.39 is 5.79 Å². The smallest absolute Gasteiger partial charge is 0.219 e. The molecule has 0 saturated carbocycles. The van der Waals surface area contributed by atoms with E-state index in [1.165, 1.54) is 11.1 Å². The van der Waals surface area contributed by atoms with Crippen molar-refractivity contribution >= 4 is 56.2 Å². The Balaban J connectivity index is 1.14. The van der Waals surface area contributed by atoms with E-state index in [9.17, 15) is 4.79 Å². The minimum atomic E-state index is -1.09. The minimum Gasteiger partial charge on any atom is -0.491 e. The van der Waals surface area contributed by atoms with Crippen LogP contribution in [0.1, 0.15) is 12.5 Å². The molecule has 8 nitrogen and oxygen atoms in total. The second-order valence-corrected chi connectivity index (χ2v) is 11.5. The van der Waals surface area contributed by atoms with Crippen molar-refractivity contribution < 1.29 is 19.0 Å². The van der Waals surface area contributed by atoms with Crippen LogP contribution in [0.15, 0.2) is 60.5 Å². The highest BCUT2D eigenvalue weighted by atomic mass is 35.5. The van der Waals surface area contributed by atoms with Gasteiger partial charge in [-0.2, -0.15) is 0 Å². The van der Waals surface area contributed by atoms with Gasteiger partial charge in [-0.05, 0) is 30.3 Å². The number of halogens is 2. The first-order chi connectivity index (χ1) is 18.9. The summed E-state index contributed by atoms with van der Waals surface area (Å²) in [5.41, 5.74) is 1.92. The molecule has 0 radical (unpaired) electrons. The number of amides is 1. The second kappa shape index (κ2) is 11.0. The monoisotopic (exact) mass is 586 g/mol. The van der Waals surface area contributed by atoms with Crippen molar-refractivity contribution in [3.05, 3.63) is 76.1 Å². The van der Waals surface area contributed by atoms with Crippen LogP contribution >= 0.6 is 34.5 Å². The number of nitrogens with zero attached hydrogens (tertiary/aromatic N) is 4. The molecule has 2 aliphatic rings. The van der Waals surface area contributed by atoms with Crippen molar-refractivity contribution in [2.24, 2.45) is 0 Å². The lowest BCUT2D eigenvalue weighted by atomic mass is 10.1. The largest absolute Gasteiger partial charge is 0.491 e. The third-order valence-electron chi connectivity index (χ3n) is 7.18. The highest BCUT2D eigenvalue weighted by Crippen LogP contribution is 2.41. The Labute approximate surface area is 240 Å². The zero-order valence-electron chi connectivity index (χ0n) is 21.4. The number of piperazine rings is 1. The number of hydrogen-bond acceptors (Lipinski definition) is 7. The van der Waals surface area contributed by atoms with Crippen molar-refractivity contribution in [1.29, 1.82) is 0 Å². The molecule has 2 aromatic heterocycles. The Morgan fingerprint density at radius 3 is 2.77 bits per heavy atom. The summed E-state index contributed by atoms with van der Waals surface area (Å²) >= 11 is 14.4. The van der Waals surface area contributed by atoms with Crippen LogP contribution in [0.5, 0.6) is 5.75 Å². The van der Waals surface area contributed by atoms with Gasteiger partial charge in [-0.1, -0.05) is 29.3 Å². The topological polar surface area (TPSA) is 69.1 Å². The molecule has 2 aromatic carbocycles. The first-order valence-corrected chi connectivity index (χ1v) is 14.4. The number of ether oxygens (including phenoxy) is 3. The molecular weight excluding hydrogens is 559 g/mol. The molecule has 4 aromatic rings. The van der Waals surface area contributed by atoms with Gasteiger partial charge in [0.15, 0.2) is 0 Å². The van der Waals surface area contributed by atoms with Gasteiger partial charge in [0.1, 0.15) is 18.5 Å². The molecule has 6 rings (SSSR count). The van der Waals surface area contributed by atoms with Crippen LogP contribution in [0.3, 0.4) is 0 Å². The van der Waals surface area contributed by atoms with Crippen LogP contribution in [0.25, 0.3) is 10.1 Å². The first kappa shape index (κ1) is 26.4. The van der Waals surface area contributed by atoms with Gasteiger partial charge < -0.3 is 28.6 Å². The highest BCUT2D eigenvalue weighted by molar-refractivity contribution is 7.17. The quantitative estimate of drug-likeness (QED) is 0.288. The minimum absolute atomic E-state index is 0.137. The number of imidazole rings is 1. The standard InChI is InChI=1S/C28H28Cl2N4O4S/c1-19(35)33-8-10-34(11-9-33)26-16-39-27-13-21(3-4-23(26)27)36-14-22-15-37-28(38-22,17-32-7-6-31-18-32)24-5-2-20(29)12-25(24)30/h2-7,12-13,16,18,22H,8-11,14-15,17H2,1H3/t22?,28-/m0/s1. The maximum absolute atomic E-state index is 11.7. The molecule has 0 bridgehead atoms. The fourth-order valence-electron chi connectivity index (χ4n) is 5.16. The number of hydrogen-bond donors (Lipinski definition) is 0. The molecule has 0 aliphatic carbocycles. The Bertz CT molecular complexity index is 1470. The Hall–Kier alpha value is -2.82. The lowest BCUT2D eigenvalue weighted by Gasteiger charge is -2.35. The molecule has 2 aliphatic heterocycles. The number of thiophene rings is 1. The summed E-state index contributed by atoms with van der Waals surface area (Å²) < 4.78 is 22.0. The molecule has 11 heteroatoms. The van der Waals surface area contributed by atoms with Gasteiger partial charge in [-0.15, -0.1) is 11.3 Å². The summed E-state index contributed by atoms with van der Waals surface area (Å²) in [6.45, 7) is 5.87. The summed E-state index contributed by atoms with van der Waals surface area (Å²) in [5.74, 6) is -0.175. The number of rotatable bonds is 7. The van der Waals surface area contributed by atoms with E-state index in [-0.39, 0.29) is 12.0 Å². The van der Waals surface area contributed by atoms with E-state index in [2.05, 4.69) is 27.4 Å². The van der Waals surface area contributed by atoms with Crippen LogP contribution < -0.4 is 9.64 Å². The number of anilines is 1. The summed E-state index contributed by atoms with van der Waals surface area (Å²) in [6, 6.07) is 11.5. The Morgan fingerprint density at radius 2 is 2.03 bits per heavy atom. The first-order valence-electron chi connectivity index (χ1n) is 12.8. The Morgan fingerprint density at radius 1 is 1.18 bits per heavy atom. The number of benzene rings is 2. The average Bonchev–Trinajstić information content (AvgIpc) is 3.68. The second-order valence-electron chi connectivity index (χ2n) is 9.75. The van der Waals surface area contributed by atoms with E-state index in [0.717, 1.165) is 36.6 Å². The zero-order valence-corrected chi connectivity index (χ0v) is 23.7. The fourth-order valence-corrected chi connectivity index (χ4v) is 6.71. The average molecular weight is 588 g/mol.